The van der Waals surface area contributed by atoms with Crippen molar-refractivity contribution < 1.29 is 32.6 Å². The second-order valence-corrected chi connectivity index (χ2v) is 6.82. The molecular formula is C19H24F3N5O4. The van der Waals surface area contributed by atoms with Crippen LogP contribution in [0.25, 0.3) is 0 Å². The smallest absolute Gasteiger partial charge is 0.475 e. The van der Waals surface area contributed by atoms with Crippen molar-refractivity contribution in [3.63, 3.8) is 0 Å². The Morgan fingerprint density at radius 2 is 2.03 bits per heavy atom. The van der Waals surface area contributed by atoms with Crippen molar-refractivity contribution in [3.05, 3.63) is 48.0 Å². The molecule has 1 aliphatic heterocycles. The van der Waals surface area contributed by atoms with Gasteiger partial charge in [0.2, 0.25) is 5.91 Å². The fraction of sp³-hybridized carbons (Fsp3) is 0.474. The first-order chi connectivity index (χ1) is 14.7. The van der Waals surface area contributed by atoms with E-state index in [0.717, 1.165) is 24.3 Å². The molecule has 3 heterocycles. The summed E-state index contributed by atoms with van der Waals surface area (Å²) in [7, 11) is 1.63. The van der Waals surface area contributed by atoms with Gasteiger partial charge in [-0.15, -0.1) is 0 Å². The highest BCUT2D eigenvalue weighted by atomic mass is 19.4. The van der Waals surface area contributed by atoms with Gasteiger partial charge >= 0.3 is 12.1 Å². The van der Waals surface area contributed by atoms with Gasteiger partial charge in [-0.3, -0.25) is 19.4 Å². The summed E-state index contributed by atoms with van der Waals surface area (Å²) < 4.78 is 38.7. The molecule has 9 nitrogen and oxygen atoms in total. The first kappa shape index (κ1) is 24.3. The lowest BCUT2D eigenvalue weighted by molar-refractivity contribution is -0.192. The predicted octanol–water partition coefficient (Wildman–Crippen LogP) is 1.31. The molecule has 0 aromatic carbocycles. The summed E-state index contributed by atoms with van der Waals surface area (Å²) in [6.07, 6.45) is 0.353. The Balaban J connectivity index is 0.000000423. The molecule has 2 N–H and O–H groups in total. The molecule has 0 saturated carbocycles. The number of carboxylic acids is 1. The zero-order valence-corrected chi connectivity index (χ0v) is 16.9. The Morgan fingerprint density at radius 1 is 1.29 bits per heavy atom. The molecule has 1 unspecified atom stereocenters. The van der Waals surface area contributed by atoms with Crippen molar-refractivity contribution in [1.29, 1.82) is 0 Å². The molecule has 31 heavy (non-hydrogen) atoms. The maximum absolute atomic E-state index is 12.5. The van der Waals surface area contributed by atoms with Crippen molar-refractivity contribution in [3.8, 4) is 0 Å². The van der Waals surface area contributed by atoms with Gasteiger partial charge in [-0.2, -0.15) is 18.3 Å². The normalized spacial score (nSPS) is 16.5. The number of hydrogen-bond acceptors (Lipinski definition) is 6. The monoisotopic (exact) mass is 443 g/mol. The van der Waals surface area contributed by atoms with Crippen molar-refractivity contribution in [2.75, 3.05) is 26.8 Å². The molecule has 1 atom stereocenters. The van der Waals surface area contributed by atoms with Gasteiger partial charge in [0.05, 0.1) is 24.8 Å². The Morgan fingerprint density at radius 3 is 2.65 bits per heavy atom. The van der Waals surface area contributed by atoms with E-state index in [0.29, 0.717) is 26.2 Å². The number of rotatable bonds is 6. The number of aliphatic carboxylic acids is 1. The molecule has 0 fully saturated rings. The number of nitrogens with zero attached hydrogens (tertiary/aromatic N) is 4. The molecule has 2 aromatic heterocycles. The maximum atomic E-state index is 12.5. The molecule has 170 valence electrons. The zero-order chi connectivity index (χ0) is 22.9. The number of hydrogen-bond donors (Lipinski definition) is 2. The molecule has 0 spiro atoms. The van der Waals surface area contributed by atoms with E-state index >= 15 is 0 Å². The molecule has 2 aromatic rings. The van der Waals surface area contributed by atoms with Crippen LogP contribution in [-0.4, -0.2) is 69.6 Å². The average Bonchev–Trinajstić information content (AvgIpc) is 3.07. The highest BCUT2D eigenvalue weighted by Crippen LogP contribution is 2.18. The van der Waals surface area contributed by atoms with Gasteiger partial charge in [0.1, 0.15) is 0 Å². The molecule has 0 saturated heterocycles. The number of methoxy groups -OCH3 is 1. The number of ether oxygens (including phenoxy) is 1. The van der Waals surface area contributed by atoms with Gasteiger partial charge in [0.25, 0.3) is 0 Å². The van der Waals surface area contributed by atoms with E-state index in [1.54, 1.807) is 19.5 Å². The molecule has 0 bridgehead atoms. The minimum Gasteiger partial charge on any atom is -0.475 e. The van der Waals surface area contributed by atoms with Crippen LogP contribution >= 0.6 is 0 Å². The quantitative estimate of drug-likeness (QED) is 0.648. The van der Waals surface area contributed by atoms with E-state index in [1.165, 1.54) is 0 Å². The van der Waals surface area contributed by atoms with E-state index in [2.05, 4.69) is 26.4 Å². The van der Waals surface area contributed by atoms with Crippen LogP contribution in [0.5, 0.6) is 0 Å². The lowest BCUT2D eigenvalue weighted by Gasteiger charge is -2.23. The highest BCUT2D eigenvalue weighted by molar-refractivity contribution is 5.78. The Kier molecular flexibility index (Phi) is 8.94. The third-order valence-corrected chi connectivity index (χ3v) is 4.41. The van der Waals surface area contributed by atoms with Crippen LogP contribution < -0.4 is 5.32 Å². The minimum atomic E-state index is -5.08. The third-order valence-electron chi connectivity index (χ3n) is 4.41. The summed E-state index contributed by atoms with van der Waals surface area (Å²) in [4.78, 5) is 27.9. The molecule has 1 aliphatic rings. The second kappa shape index (κ2) is 11.4. The minimum absolute atomic E-state index is 0.0478. The van der Waals surface area contributed by atoms with Crippen molar-refractivity contribution in [1.82, 2.24) is 25.0 Å². The van der Waals surface area contributed by atoms with Crippen molar-refractivity contribution in [2.45, 2.75) is 25.8 Å². The summed E-state index contributed by atoms with van der Waals surface area (Å²) in [6.45, 7) is 3.88. The predicted molar refractivity (Wildman–Crippen MR) is 103 cm³/mol. The summed E-state index contributed by atoms with van der Waals surface area (Å²) in [6, 6.07) is 6.01. The van der Waals surface area contributed by atoms with Crippen LogP contribution in [0.3, 0.4) is 0 Å². The van der Waals surface area contributed by atoms with Crippen LogP contribution in [0, 0.1) is 5.92 Å². The molecule has 1 amide bonds. The number of amides is 1. The molecular weight excluding hydrogens is 419 g/mol. The summed E-state index contributed by atoms with van der Waals surface area (Å²) in [5.41, 5.74) is 2.27. The summed E-state index contributed by atoms with van der Waals surface area (Å²) in [5.74, 6) is -2.85. The van der Waals surface area contributed by atoms with Gasteiger partial charge < -0.3 is 15.2 Å². The summed E-state index contributed by atoms with van der Waals surface area (Å²) in [5, 5.41) is 14.4. The van der Waals surface area contributed by atoms with E-state index in [4.69, 9.17) is 14.6 Å². The van der Waals surface area contributed by atoms with Gasteiger partial charge in [0, 0.05) is 51.9 Å². The standard InChI is InChI=1S/C17H23N5O2.C2HF3O2/c1-24-8-7-19-17(23)15-11-21(10-14-3-2-5-18-9-14)13-16-4-6-20-22(16)12-15;3-2(4,5)1(6)7/h2-6,9,15H,7-8,10-13H2,1H3,(H,19,23);(H,6,7). The number of fused-ring (bicyclic) bond motifs is 1. The first-order valence-corrected chi connectivity index (χ1v) is 9.39. The largest absolute Gasteiger partial charge is 0.490 e. The van der Waals surface area contributed by atoms with Crippen LogP contribution in [0.15, 0.2) is 36.8 Å². The molecule has 0 radical (unpaired) electrons. The fourth-order valence-corrected chi connectivity index (χ4v) is 2.99. The van der Waals surface area contributed by atoms with E-state index < -0.39 is 12.1 Å². The Bertz CT molecular complexity index is 845. The van der Waals surface area contributed by atoms with Crippen molar-refractivity contribution in [2.24, 2.45) is 5.92 Å². The lowest BCUT2D eigenvalue weighted by atomic mass is 10.1. The van der Waals surface area contributed by atoms with Gasteiger partial charge in [-0.25, -0.2) is 4.79 Å². The number of aromatic nitrogens is 3. The number of nitrogens with one attached hydrogen (secondary N) is 1. The van der Waals surface area contributed by atoms with Gasteiger partial charge in [0.15, 0.2) is 0 Å². The first-order valence-electron chi connectivity index (χ1n) is 9.39. The van der Waals surface area contributed by atoms with Crippen LogP contribution in [-0.2, 0) is 34.0 Å². The van der Waals surface area contributed by atoms with E-state index in [1.807, 2.05) is 23.0 Å². The topological polar surface area (TPSA) is 110 Å². The van der Waals surface area contributed by atoms with Crippen LogP contribution in [0.2, 0.25) is 0 Å². The third kappa shape index (κ3) is 7.98. The second-order valence-electron chi connectivity index (χ2n) is 6.82. The Labute approximate surface area is 176 Å². The lowest BCUT2D eigenvalue weighted by Crippen LogP contribution is -2.40. The molecule has 0 aliphatic carbocycles. The average molecular weight is 443 g/mol. The number of halogens is 3. The van der Waals surface area contributed by atoms with E-state index in [-0.39, 0.29) is 11.8 Å². The molecule has 12 heteroatoms. The van der Waals surface area contributed by atoms with E-state index in [9.17, 15) is 18.0 Å². The number of pyridine rings is 1. The SMILES string of the molecule is COCCNC(=O)C1CN(Cc2cccnc2)Cc2ccnn2C1.O=C(O)C(F)(F)F. The van der Waals surface area contributed by atoms with Gasteiger partial charge in [-0.05, 0) is 17.7 Å². The zero-order valence-electron chi connectivity index (χ0n) is 16.9. The summed E-state index contributed by atoms with van der Waals surface area (Å²) >= 11 is 0. The number of carbonyl (C=O) groups is 2. The highest BCUT2D eigenvalue weighted by Gasteiger charge is 2.38. The fourth-order valence-electron chi connectivity index (χ4n) is 2.99. The van der Waals surface area contributed by atoms with Crippen LogP contribution in [0.1, 0.15) is 11.3 Å². The van der Waals surface area contributed by atoms with Gasteiger partial charge in [-0.1, -0.05) is 6.07 Å². The van der Waals surface area contributed by atoms with Crippen LogP contribution in [0.4, 0.5) is 13.2 Å². The number of alkyl halides is 3. The Hall–Kier alpha value is -2.99. The van der Waals surface area contributed by atoms with Crippen molar-refractivity contribution >= 4 is 11.9 Å². The molecule has 3 rings (SSSR count). The maximum Gasteiger partial charge on any atom is 0.490 e. The number of carboxylic acid groups (broad SMARTS) is 1. The number of carbonyl (C=O) groups excluding carboxylic acids is 1.